The molecule has 0 unspecified atom stereocenters. The third-order valence-corrected chi connectivity index (χ3v) is 6.89. The first-order valence-electron chi connectivity index (χ1n) is 11.7. The van der Waals surface area contributed by atoms with Crippen molar-refractivity contribution in [2.24, 2.45) is 5.92 Å². The monoisotopic (exact) mass is 417 g/mol. The Morgan fingerprint density at radius 1 is 0.935 bits per heavy atom. The van der Waals surface area contributed by atoms with E-state index in [1.54, 1.807) is 0 Å². The zero-order valence-corrected chi connectivity index (χ0v) is 18.1. The molecule has 2 aliphatic heterocycles. The molecule has 0 bridgehead atoms. The van der Waals surface area contributed by atoms with Crippen LogP contribution >= 0.6 is 0 Å². The molecule has 1 N–H and O–H groups in total. The van der Waals surface area contributed by atoms with Gasteiger partial charge >= 0.3 is 0 Å². The number of amides is 2. The number of carbonyl (C=O) groups is 2. The van der Waals surface area contributed by atoms with Gasteiger partial charge in [0, 0.05) is 37.3 Å². The van der Waals surface area contributed by atoms with Crippen molar-refractivity contribution >= 4 is 11.8 Å². The van der Waals surface area contributed by atoms with E-state index in [0.717, 1.165) is 54.9 Å². The molecule has 5 nitrogen and oxygen atoms in total. The highest BCUT2D eigenvalue weighted by atomic mass is 16.2. The lowest BCUT2D eigenvalue weighted by Crippen LogP contribution is -2.42. The number of benzene rings is 2. The molecule has 2 aromatic rings. The van der Waals surface area contributed by atoms with Gasteiger partial charge in [-0.2, -0.15) is 0 Å². The fourth-order valence-electron chi connectivity index (χ4n) is 4.67. The van der Waals surface area contributed by atoms with Crippen molar-refractivity contribution in [2.45, 2.75) is 32.1 Å². The topological polar surface area (TPSA) is 52.7 Å². The van der Waals surface area contributed by atoms with E-state index >= 15 is 0 Å². The third kappa shape index (κ3) is 4.67. The highest BCUT2D eigenvalue weighted by Crippen LogP contribution is 2.28. The molecule has 162 valence electrons. The number of rotatable bonds is 7. The Hall–Kier alpha value is -2.66. The van der Waals surface area contributed by atoms with Crippen molar-refractivity contribution in [3.8, 4) is 11.1 Å². The lowest BCUT2D eigenvalue weighted by atomic mass is 9.93. The molecule has 0 spiro atoms. The van der Waals surface area contributed by atoms with Gasteiger partial charge in [-0.25, -0.2) is 0 Å². The quantitative estimate of drug-likeness (QED) is 0.749. The maximum absolute atomic E-state index is 13.0. The SMILES string of the molecule is O=C(NCC1CC1)c1ccc(-c2ccc3c(c2)CCN(CCN2CCCC2)C3=O)cc1. The molecule has 0 aromatic heterocycles. The zero-order chi connectivity index (χ0) is 21.2. The van der Waals surface area contributed by atoms with Crippen molar-refractivity contribution in [3.05, 3.63) is 59.2 Å². The molecular weight excluding hydrogens is 386 g/mol. The van der Waals surface area contributed by atoms with Gasteiger partial charge in [0.2, 0.25) is 0 Å². The molecule has 2 fully saturated rings. The molecule has 2 aromatic carbocycles. The van der Waals surface area contributed by atoms with Gasteiger partial charge in [0.25, 0.3) is 11.8 Å². The molecule has 1 aliphatic carbocycles. The summed E-state index contributed by atoms with van der Waals surface area (Å²) >= 11 is 0. The van der Waals surface area contributed by atoms with Crippen LogP contribution < -0.4 is 5.32 Å². The van der Waals surface area contributed by atoms with Crippen LogP contribution in [-0.2, 0) is 6.42 Å². The van der Waals surface area contributed by atoms with Gasteiger partial charge < -0.3 is 15.1 Å². The minimum absolute atomic E-state index is 0.00325. The molecule has 3 aliphatic rings. The maximum atomic E-state index is 13.0. The summed E-state index contributed by atoms with van der Waals surface area (Å²) in [4.78, 5) is 29.7. The number of fused-ring (bicyclic) bond motifs is 1. The van der Waals surface area contributed by atoms with Crippen LogP contribution in [0.25, 0.3) is 11.1 Å². The Labute approximate surface area is 184 Å². The number of hydrogen-bond acceptors (Lipinski definition) is 3. The number of likely N-dealkylation sites (tertiary alicyclic amines) is 1. The van der Waals surface area contributed by atoms with Crippen LogP contribution in [0.4, 0.5) is 0 Å². The maximum Gasteiger partial charge on any atom is 0.254 e. The van der Waals surface area contributed by atoms with E-state index in [4.69, 9.17) is 0 Å². The zero-order valence-electron chi connectivity index (χ0n) is 18.1. The van der Waals surface area contributed by atoms with Gasteiger partial charge in [0.05, 0.1) is 0 Å². The Morgan fingerprint density at radius 3 is 2.42 bits per heavy atom. The van der Waals surface area contributed by atoms with Gasteiger partial charge in [-0.3, -0.25) is 9.59 Å². The largest absolute Gasteiger partial charge is 0.352 e. The Kier molecular flexibility index (Phi) is 5.77. The van der Waals surface area contributed by atoms with Crippen LogP contribution in [0.3, 0.4) is 0 Å². The smallest absolute Gasteiger partial charge is 0.254 e. The summed E-state index contributed by atoms with van der Waals surface area (Å²) in [5, 5.41) is 3.01. The predicted molar refractivity (Wildman–Crippen MR) is 122 cm³/mol. The molecule has 5 heteroatoms. The van der Waals surface area contributed by atoms with Crippen LogP contribution in [-0.4, -0.2) is 60.9 Å². The summed E-state index contributed by atoms with van der Waals surface area (Å²) in [6, 6.07) is 13.9. The van der Waals surface area contributed by atoms with Crippen molar-refractivity contribution in [1.82, 2.24) is 15.1 Å². The third-order valence-electron chi connectivity index (χ3n) is 6.89. The van der Waals surface area contributed by atoms with Crippen molar-refractivity contribution < 1.29 is 9.59 Å². The van der Waals surface area contributed by atoms with E-state index < -0.39 is 0 Å². The van der Waals surface area contributed by atoms with E-state index in [1.165, 1.54) is 38.8 Å². The summed E-state index contributed by atoms with van der Waals surface area (Å²) in [6.45, 7) is 5.73. The van der Waals surface area contributed by atoms with Gasteiger partial charge in [-0.1, -0.05) is 24.3 Å². The molecule has 2 amide bonds. The standard InChI is InChI=1S/C26H31N3O2/c30-25(27-18-19-3-4-19)21-7-5-20(6-8-21)22-9-10-24-23(17-22)11-14-29(26(24)31)16-15-28-12-1-2-13-28/h5-10,17,19H,1-4,11-16,18H2,(H,27,30). The average Bonchev–Trinajstić information content (AvgIpc) is 3.49. The molecule has 5 rings (SSSR count). The fraction of sp³-hybridized carbons (Fsp3) is 0.462. The Bertz CT molecular complexity index is 959. The molecule has 0 radical (unpaired) electrons. The number of hydrogen-bond donors (Lipinski definition) is 1. The van der Waals surface area contributed by atoms with Gasteiger partial charge in [-0.15, -0.1) is 0 Å². The molecule has 1 saturated carbocycles. The van der Waals surface area contributed by atoms with E-state index in [-0.39, 0.29) is 11.8 Å². The summed E-state index contributed by atoms with van der Waals surface area (Å²) in [5.41, 5.74) is 4.84. The molecule has 31 heavy (non-hydrogen) atoms. The van der Waals surface area contributed by atoms with E-state index in [0.29, 0.717) is 11.5 Å². The van der Waals surface area contributed by atoms with Crippen LogP contribution in [0.15, 0.2) is 42.5 Å². The Balaban J connectivity index is 1.23. The lowest BCUT2D eigenvalue weighted by molar-refractivity contribution is 0.0724. The molecule has 1 saturated heterocycles. The fourth-order valence-corrected chi connectivity index (χ4v) is 4.67. The Morgan fingerprint density at radius 2 is 1.68 bits per heavy atom. The number of carbonyl (C=O) groups excluding carboxylic acids is 2. The predicted octanol–water partition coefficient (Wildman–Crippen LogP) is 3.59. The minimum atomic E-state index is 0.00325. The van der Waals surface area contributed by atoms with Crippen LogP contribution in [0.1, 0.15) is 52.0 Å². The first-order chi connectivity index (χ1) is 15.2. The van der Waals surface area contributed by atoms with E-state index in [9.17, 15) is 9.59 Å². The summed E-state index contributed by atoms with van der Waals surface area (Å²) < 4.78 is 0. The normalized spacial score (nSPS) is 18.8. The van der Waals surface area contributed by atoms with E-state index in [2.05, 4.69) is 16.3 Å². The second kappa shape index (κ2) is 8.83. The number of nitrogens with one attached hydrogen (secondary N) is 1. The second-order valence-corrected chi connectivity index (χ2v) is 9.19. The summed E-state index contributed by atoms with van der Waals surface area (Å²) in [6.07, 6.45) is 5.93. The average molecular weight is 418 g/mol. The van der Waals surface area contributed by atoms with Crippen LogP contribution in [0.5, 0.6) is 0 Å². The molecule has 0 atom stereocenters. The van der Waals surface area contributed by atoms with Crippen molar-refractivity contribution in [2.75, 3.05) is 39.3 Å². The molecular formula is C26H31N3O2. The lowest BCUT2D eigenvalue weighted by Gasteiger charge is -2.30. The molecule has 2 heterocycles. The van der Waals surface area contributed by atoms with Gasteiger partial charge in [0.1, 0.15) is 0 Å². The summed E-state index contributed by atoms with van der Waals surface area (Å²) in [7, 11) is 0. The summed E-state index contributed by atoms with van der Waals surface area (Å²) in [5.74, 6) is 0.843. The van der Waals surface area contributed by atoms with E-state index in [1.807, 2.05) is 41.3 Å². The number of nitrogens with zero attached hydrogens (tertiary/aromatic N) is 2. The highest BCUT2D eigenvalue weighted by Gasteiger charge is 2.25. The minimum Gasteiger partial charge on any atom is -0.352 e. The van der Waals surface area contributed by atoms with Gasteiger partial charge in [0.15, 0.2) is 0 Å². The second-order valence-electron chi connectivity index (χ2n) is 9.19. The van der Waals surface area contributed by atoms with Gasteiger partial charge in [-0.05, 0) is 86.0 Å². The highest BCUT2D eigenvalue weighted by molar-refractivity contribution is 5.97. The van der Waals surface area contributed by atoms with Crippen LogP contribution in [0, 0.1) is 5.92 Å². The first-order valence-corrected chi connectivity index (χ1v) is 11.7. The van der Waals surface area contributed by atoms with Crippen LogP contribution in [0.2, 0.25) is 0 Å². The van der Waals surface area contributed by atoms with Crippen molar-refractivity contribution in [3.63, 3.8) is 0 Å². The van der Waals surface area contributed by atoms with Crippen molar-refractivity contribution in [1.29, 1.82) is 0 Å². The first kappa shape index (κ1) is 20.3.